The van der Waals surface area contributed by atoms with Gasteiger partial charge in [0.1, 0.15) is 16.5 Å². The Kier molecular flexibility index (Phi) is 5.28. The summed E-state index contributed by atoms with van der Waals surface area (Å²) < 4.78 is 43.3. The van der Waals surface area contributed by atoms with Gasteiger partial charge in [0.15, 0.2) is 5.13 Å². The summed E-state index contributed by atoms with van der Waals surface area (Å²) >= 11 is 1.11. The highest BCUT2D eigenvalue weighted by molar-refractivity contribution is 7.93. The van der Waals surface area contributed by atoms with Crippen LogP contribution in [-0.4, -0.2) is 23.2 Å². The third-order valence-electron chi connectivity index (χ3n) is 4.04. The number of sulfonamides is 1. The molecule has 4 rings (SSSR count). The number of benzene rings is 2. The molecular weight excluding hydrogens is 413 g/mol. The van der Waals surface area contributed by atoms with Crippen LogP contribution < -0.4 is 10.0 Å². The minimum Gasteiger partial charge on any atom is -0.340 e. The third-order valence-corrected chi connectivity index (χ3v) is 6.23. The van der Waals surface area contributed by atoms with E-state index in [4.69, 9.17) is 0 Å². The SMILES string of the molecule is O=S(=O)(Nc1nccs1)c1ccc(Nc2ccnn2Cc2ccccc2)cc1F. The van der Waals surface area contributed by atoms with E-state index in [1.807, 2.05) is 30.3 Å². The minimum atomic E-state index is -4.06. The first-order valence-corrected chi connectivity index (χ1v) is 10.9. The number of halogens is 1. The summed E-state index contributed by atoms with van der Waals surface area (Å²) in [5, 5.41) is 9.15. The molecule has 0 saturated carbocycles. The quantitative estimate of drug-likeness (QED) is 0.462. The predicted molar refractivity (Wildman–Crippen MR) is 110 cm³/mol. The van der Waals surface area contributed by atoms with Gasteiger partial charge in [-0.15, -0.1) is 11.3 Å². The number of thiazole rings is 1. The van der Waals surface area contributed by atoms with E-state index < -0.39 is 20.7 Å². The van der Waals surface area contributed by atoms with E-state index in [2.05, 4.69) is 20.1 Å². The molecule has 0 aliphatic carbocycles. The Bertz CT molecular complexity index is 1210. The van der Waals surface area contributed by atoms with Gasteiger partial charge in [-0.2, -0.15) is 5.10 Å². The molecule has 0 atom stereocenters. The van der Waals surface area contributed by atoms with Crippen molar-refractivity contribution in [1.82, 2.24) is 14.8 Å². The molecule has 0 saturated heterocycles. The van der Waals surface area contributed by atoms with E-state index in [1.54, 1.807) is 22.3 Å². The van der Waals surface area contributed by atoms with Crippen LogP contribution in [0.5, 0.6) is 0 Å². The van der Waals surface area contributed by atoms with Gasteiger partial charge in [-0.3, -0.25) is 4.72 Å². The summed E-state index contributed by atoms with van der Waals surface area (Å²) in [5.41, 5.74) is 1.48. The Labute approximate surface area is 170 Å². The van der Waals surface area contributed by atoms with Crippen molar-refractivity contribution in [3.63, 3.8) is 0 Å². The average Bonchev–Trinajstić information content (AvgIpc) is 3.34. The van der Waals surface area contributed by atoms with Crippen molar-refractivity contribution in [2.45, 2.75) is 11.4 Å². The lowest BCUT2D eigenvalue weighted by molar-refractivity contribution is 0.570. The molecular formula is C19H16FN5O2S2. The van der Waals surface area contributed by atoms with Gasteiger partial charge in [-0.1, -0.05) is 30.3 Å². The van der Waals surface area contributed by atoms with Gasteiger partial charge < -0.3 is 5.32 Å². The van der Waals surface area contributed by atoms with Crippen LogP contribution >= 0.6 is 11.3 Å². The summed E-state index contributed by atoms with van der Waals surface area (Å²) in [7, 11) is -4.06. The predicted octanol–water partition coefficient (Wildman–Crippen LogP) is 4.07. The monoisotopic (exact) mass is 429 g/mol. The summed E-state index contributed by atoms with van der Waals surface area (Å²) in [6, 6.07) is 15.4. The highest BCUT2D eigenvalue weighted by Crippen LogP contribution is 2.24. The van der Waals surface area contributed by atoms with E-state index in [0.717, 1.165) is 23.0 Å². The first-order valence-electron chi connectivity index (χ1n) is 8.56. The number of aromatic nitrogens is 3. The third kappa shape index (κ3) is 4.44. The molecule has 2 heterocycles. The zero-order chi connectivity index (χ0) is 20.3. The van der Waals surface area contributed by atoms with Crippen LogP contribution in [0.2, 0.25) is 0 Å². The number of hydrogen-bond acceptors (Lipinski definition) is 6. The molecule has 0 aliphatic heterocycles. The molecule has 2 aromatic carbocycles. The molecule has 0 amide bonds. The van der Waals surface area contributed by atoms with Gasteiger partial charge >= 0.3 is 0 Å². The van der Waals surface area contributed by atoms with E-state index in [-0.39, 0.29) is 5.13 Å². The Balaban J connectivity index is 1.53. The van der Waals surface area contributed by atoms with Crippen LogP contribution in [0.3, 0.4) is 0 Å². The molecule has 29 heavy (non-hydrogen) atoms. The van der Waals surface area contributed by atoms with Crippen LogP contribution in [0, 0.1) is 5.82 Å². The van der Waals surface area contributed by atoms with Gasteiger partial charge in [0, 0.05) is 23.3 Å². The summed E-state index contributed by atoms with van der Waals surface area (Å²) in [6.07, 6.45) is 3.10. The zero-order valence-electron chi connectivity index (χ0n) is 15.0. The number of rotatable bonds is 7. The van der Waals surface area contributed by atoms with E-state index in [0.29, 0.717) is 18.1 Å². The van der Waals surface area contributed by atoms with Gasteiger partial charge in [-0.25, -0.2) is 22.5 Å². The average molecular weight is 430 g/mol. The molecule has 7 nitrogen and oxygen atoms in total. The van der Waals surface area contributed by atoms with Crippen LogP contribution in [0.1, 0.15) is 5.56 Å². The molecule has 2 N–H and O–H groups in total. The Morgan fingerprint density at radius 3 is 2.62 bits per heavy atom. The van der Waals surface area contributed by atoms with Crippen molar-refractivity contribution >= 4 is 38.0 Å². The van der Waals surface area contributed by atoms with Gasteiger partial charge in [0.2, 0.25) is 0 Å². The van der Waals surface area contributed by atoms with Crippen LogP contribution in [0.25, 0.3) is 0 Å². The van der Waals surface area contributed by atoms with Crippen molar-refractivity contribution < 1.29 is 12.8 Å². The van der Waals surface area contributed by atoms with Crippen molar-refractivity contribution in [3.05, 3.63) is 83.8 Å². The summed E-state index contributed by atoms with van der Waals surface area (Å²) in [5.74, 6) is -0.210. The lowest BCUT2D eigenvalue weighted by Crippen LogP contribution is -2.14. The highest BCUT2D eigenvalue weighted by atomic mass is 32.2. The molecule has 0 bridgehead atoms. The van der Waals surface area contributed by atoms with Crippen molar-refractivity contribution in [2.24, 2.45) is 0 Å². The van der Waals surface area contributed by atoms with Crippen molar-refractivity contribution in [3.8, 4) is 0 Å². The lowest BCUT2D eigenvalue weighted by atomic mass is 10.2. The standard InChI is InChI=1S/C19H16FN5O2S2/c20-16-12-15(6-7-17(16)29(26,27)24-19-21-10-11-28-19)23-18-8-9-22-25(18)13-14-4-2-1-3-5-14/h1-12,23H,13H2,(H,21,24). The second-order valence-corrected chi connectivity index (χ2v) is 8.62. The number of nitrogens with zero attached hydrogens (tertiary/aromatic N) is 3. The van der Waals surface area contributed by atoms with E-state index in [9.17, 15) is 12.8 Å². The second-order valence-electron chi connectivity index (χ2n) is 6.07. The summed E-state index contributed by atoms with van der Waals surface area (Å²) in [6.45, 7) is 0.544. The highest BCUT2D eigenvalue weighted by Gasteiger charge is 2.20. The van der Waals surface area contributed by atoms with Gasteiger partial charge in [0.05, 0.1) is 12.7 Å². The molecule has 10 heteroatoms. The van der Waals surface area contributed by atoms with Crippen LogP contribution in [-0.2, 0) is 16.6 Å². The number of nitrogens with one attached hydrogen (secondary N) is 2. The number of hydrogen-bond donors (Lipinski definition) is 2. The molecule has 4 aromatic rings. The van der Waals surface area contributed by atoms with Crippen LogP contribution in [0.15, 0.2) is 77.3 Å². The topological polar surface area (TPSA) is 88.9 Å². The first kappa shape index (κ1) is 19.1. The molecule has 0 fully saturated rings. The maximum Gasteiger partial charge on any atom is 0.266 e. The fourth-order valence-electron chi connectivity index (χ4n) is 2.71. The minimum absolute atomic E-state index is 0.177. The van der Waals surface area contributed by atoms with Crippen LogP contribution in [0.4, 0.5) is 21.0 Å². The smallest absolute Gasteiger partial charge is 0.266 e. The molecule has 0 aliphatic rings. The molecule has 0 unspecified atom stereocenters. The molecule has 2 aromatic heterocycles. The lowest BCUT2D eigenvalue weighted by Gasteiger charge is -2.12. The Morgan fingerprint density at radius 2 is 1.90 bits per heavy atom. The van der Waals surface area contributed by atoms with Crippen molar-refractivity contribution in [2.75, 3.05) is 10.0 Å². The van der Waals surface area contributed by atoms with Gasteiger partial charge in [-0.05, 0) is 23.8 Å². The van der Waals surface area contributed by atoms with E-state index in [1.165, 1.54) is 18.3 Å². The van der Waals surface area contributed by atoms with Gasteiger partial charge in [0.25, 0.3) is 10.0 Å². The van der Waals surface area contributed by atoms with Crippen molar-refractivity contribution in [1.29, 1.82) is 0 Å². The fourth-order valence-corrected chi connectivity index (χ4v) is 4.56. The normalized spacial score (nSPS) is 11.3. The first-order chi connectivity index (χ1) is 14.0. The second kappa shape index (κ2) is 8.02. The Morgan fingerprint density at radius 1 is 1.07 bits per heavy atom. The molecule has 0 radical (unpaired) electrons. The number of anilines is 3. The zero-order valence-corrected chi connectivity index (χ0v) is 16.6. The fraction of sp³-hybridized carbons (Fsp3) is 0.0526. The largest absolute Gasteiger partial charge is 0.340 e. The van der Waals surface area contributed by atoms with E-state index >= 15 is 0 Å². The Hall–Kier alpha value is -3.24. The maximum absolute atomic E-state index is 14.6. The molecule has 0 spiro atoms. The molecule has 148 valence electrons. The summed E-state index contributed by atoms with van der Waals surface area (Å²) in [4.78, 5) is 3.40. The maximum atomic E-state index is 14.6.